The molecule has 11 aromatic carbocycles. The van der Waals surface area contributed by atoms with Crippen LogP contribution in [0.1, 0.15) is 22.3 Å². The average molecular weight is 798 g/mol. The lowest BCUT2D eigenvalue weighted by molar-refractivity contribution is 0.669. The Morgan fingerprint density at radius 3 is 1.52 bits per heavy atom. The van der Waals surface area contributed by atoms with Crippen LogP contribution in [-0.4, -0.2) is 4.57 Å². The Morgan fingerprint density at radius 1 is 0.286 bits per heavy atom. The molecule has 290 valence electrons. The number of aromatic nitrogens is 1. The number of hydrogen-bond donors (Lipinski definition) is 0. The molecule has 2 heterocycles. The van der Waals surface area contributed by atoms with Gasteiger partial charge >= 0.3 is 0 Å². The van der Waals surface area contributed by atoms with E-state index in [9.17, 15) is 0 Å². The minimum Gasteiger partial charge on any atom is -0.456 e. The molecular weight excluding hydrogens is 763 g/mol. The molecule has 0 bridgehead atoms. The van der Waals surface area contributed by atoms with E-state index in [1.54, 1.807) is 0 Å². The van der Waals surface area contributed by atoms with Crippen molar-refractivity contribution in [3.05, 3.63) is 235 Å². The van der Waals surface area contributed by atoms with Crippen molar-refractivity contribution < 1.29 is 4.42 Å². The molecule has 0 fully saturated rings. The second-order valence-electron chi connectivity index (χ2n) is 17.5. The van der Waals surface area contributed by atoms with Crippen molar-refractivity contribution in [2.24, 2.45) is 0 Å². The van der Waals surface area contributed by atoms with Crippen molar-refractivity contribution in [2.75, 3.05) is 0 Å². The summed E-state index contributed by atoms with van der Waals surface area (Å²) in [4.78, 5) is 0. The van der Waals surface area contributed by atoms with Gasteiger partial charge in [0.15, 0.2) is 0 Å². The first-order chi connectivity index (χ1) is 31.2. The third-order valence-corrected chi connectivity index (χ3v) is 14.6. The zero-order valence-corrected chi connectivity index (χ0v) is 34.1. The molecule has 2 nitrogen and oxygen atoms in total. The molecule has 0 saturated carbocycles. The van der Waals surface area contributed by atoms with Crippen LogP contribution in [0, 0.1) is 0 Å². The third-order valence-electron chi connectivity index (χ3n) is 14.6. The zero-order valence-electron chi connectivity index (χ0n) is 34.1. The summed E-state index contributed by atoms with van der Waals surface area (Å²) in [6.07, 6.45) is 0. The van der Waals surface area contributed by atoms with E-state index >= 15 is 0 Å². The van der Waals surface area contributed by atoms with Crippen LogP contribution < -0.4 is 0 Å². The van der Waals surface area contributed by atoms with E-state index in [2.05, 4.69) is 205 Å². The van der Waals surface area contributed by atoms with Gasteiger partial charge in [-0.25, -0.2) is 0 Å². The Labute approximate surface area is 362 Å². The van der Waals surface area contributed by atoms with E-state index < -0.39 is 5.41 Å². The van der Waals surface area contributed by atoms with E-state index in [1.165, 1.54) is 110 Å². The first-order valence-corrected chi connectivity index (χ1v) is 21.9. The lowest BCUT2D eigenvalue weighted by Crippen LogP contribution is -2.25. The normalized spacial score (nSPS) is 13.5. The average Bonchev–Trinajstić information content (AvgIpc) is 4.06. The minimum absolute atomic E-state index is 0.464. The molecule has 0 N–H and O–H groups in total. The van der Waals surface area contributed by atoms with Gasteiger partial charge in [-0.1, -0.05) is 152 Å². The number of hydrogen-bond acceptors (Lipinski definition) is 1. The Balaban J connectivity index is 1.01. The highest BCUT2D eigenvalue weighted by Crippen LogP contribution is 2.64. The lowest BCUT2D eigenvalue weighted by Gasteiger charge is -2.31. The first-order valence-electron chi connectivity index (χ1n) is 21.9. The van der Waals surface area contributed by atoms with Gasteiger partial charge in [0.2, 0.25) is 0 Å². The molecule has 2 aliphatic carbocycles. The van der Waals surface area contributed by atoms with E-state index in [4.69, 9.17) is 4.42 Å². The highest BCUT2D eigenvalue weighted by Gasteiger charge is 2.52. The van der Waals surface area contributed by atoms with Gasteiger partial charge < -0.3 is 8.98 Å². The summed E-state index contributed by atoms with van der Waals surface area (Å²) in [7, 11) is 0. The van der Waals surface area contributed by atoms with Crippen molar-refractivity contribution in [3.63, 3.8) is 0 Å². The van der Waals surface area contributed by atoms with Crippen molar-refractivity contribution in [1.82, 2.24) is 4.57 Å². The summed E-state index contributed by atoms with van der Waals surface area (Å²) in [6.45, 7) is 0. The fourth-order valence-corrected chi connectivity index (χ4v) is 12.0. The highest BCUT2D eigenvalue weighted by atomic mass is 16.3. The molecule has 15 rings (SSSR count). The quantitative estimate of drug-likeness (QED) is 0.159. The van der Waals surface area contributed by atoms with Gasteiger partial charge in [0, 0.05) is 27.2 Å². The third kappa shape index (κ3) is 4.23. The topological polar surface area (TPSA) is 18.1 Å². The predicted molar refractivity (Wildman–Crippen MR) is 262 cm³/mol. The summed E-state index contributed by atoms with van der Waals surface area (Å²) < 4.78 is 8.67. The van der Waals surface area contributed by atoms with Gasteiger partial charge in [0.25, 0.3) is 0 Å². The Bertz CT molecular complexity index is 4110. The van der Waals surface area contributed by atoms with Crippen molar-refractivity contribution in [2.45, 2.75) is 5.41 Å². The standard InChI is InChI=1S/C61H35NO/c1-3-15-41-39(13-1)40-14-2-4-16-42(40)48-35-56-50(34-47(41)48)49-33-38(27-28-55(49)61(56)53-21-9-5-17-43(53)44-18-6-10-22-54(44)61)62-57-23-11-7-19-45(57)51-31-36(25-29-58(51)62)37-26-30-60-52(32-37)46-20-8-12-24-59(46)63-60/h1-35H. The molecule has 0 unspecified atom stereocenters. The summed E-state index contributed by atoms with van der Waals surface area (Å²) in [6, 6.07) is 79.3. The van der Waals surface area contributed by atoms with Crippen LogP contribution in [0.5, 0.6) is 0 Å². The van der Waals surface area contributed by atoms with E-state index in [1.807, 2.05) is 12.1 Å². The van der Waals surface area contributed by atoms with Crippen LogP contribution in [0.15, 0.2) is 217 Å². The molecule has 0 amide bonds. The van der Waals surface area contributed by atoms with Gasteiger partial charge in [-0.3, -0.25) is 0 Å². The minimum atomic E-state index is -0.464. The maximum atomic E-state index is 6.20. The van der Waals surface area contributed by atoms with E-state index in [0.717, 1.165) is 27.6 Å². The summed E-state index contributed by atoms with van der Waals surface area (Å²) in [5.41, 5.74) is 17.9. The highest BCUT2D eigenvalue weighted by molar-refractivity contribution is 6.26. The predicted octanol–water partition coefficient (Wildman–Crippen LogP) is 16.2. The van der Waals surface area contributed by atoms with Gasteiger partial charge in [-0.15, -0.1) is 0 Å². The largest absolute Gasteiger partial charge is 0.456 e. The SMILES string of the molecule is c1ccc2c(c1)-c1ccccc1C21c2ccc(-n3c4ccccc4c4cc(-c5ccc6oc7ccccc7c6c5)ccc43)cc2-c2cc3c4ccccc4c4ccccc4c3cc21. The number of para-hydroxylation sites is 2. The maximum absolute atomic E-state index is 6.20. The van der Waals surface area contributed by atoms with Gasteiger partial charge in [0.1, 0.15) is 11.2 Å². The second-order valence-corrected chi connectivity index (χ2v) is 17.5. The molecule has 0 aliphatic heterocycles. The summed E-state index contributed by atoms with van der Waals surface area (Å²) in [5.74, 6) is 0. The van der Waals surface area contributed by atoms with Gasteiger partial charge in [-0.05, 0) is 149 Å². The van der Waals surface area contributed by atoms with Crippen LogP contribution in [-0.2, 0) is 5.41 Å². The number of fused-ring (bicyclic) bond motifs is 22. The number of nitrogens with zero attached hydrogens (tertiary/aromatic N) is 1. The van der Waals surface area contributed by atoms with Crippen LogP contribution in [0.2, 0.25) is 0 Å². The van der Waals surface area contributed by atoms with Gasteiger partial charge in [-0.2, -0.15) is 0 Å². The molecule has 13 aromatic rings. The smallest absolute Gasteiger partial charge is 0.135 e. The number of benzene rings is 11. The molecule has 2 aromatic heterocycles. The number of rotatable bonds is 2. The molecule has 2 heteroatoms. The second kappa shape index (κ2) is 12.0. The van der Waals surface area contributed by atoms with Crippen molar-refractivity contribution in [1.29, 1.82) is 0 Å². The molecule has 63 heavy (non-hydrogen) atoms. The molecule has 0 atom stereocenters. The molecule has 1 spiro atoms. The van der Waals surface area contributed by atoms with Crippen LogP contribution in [0.25, 0.3) is 115 Å². The van der Waals surface area contributed by atoms with E-state index in [0.29, 0.717) is 0 Å². The Morgan fingerprint density at radius 2 is 0.794 bits per heavy atom. The van der Waals surface area contributed by atoms with Crippen LogP contribution in [0.3, 0.4) is 0 Å². The van der Waals surface area contributed by atoms with Crippen LogP contribution in [0.4, 0.5) is 0 Å². The Kier molecular flexibility index (Phi) is 6.38. The molecule has 2 aliphatic rings. The summed E-state index contributed by atoms with van der Waals surface area (Å²) >= 11 is 0. The first kappa shape index (κ1) is 33.5. The van der Waals surface area contributed by atoms with Crippen molar-refractivity contribution in [3.8, 4) is 39.1 Å². The summed E-state index contributed by atoms with van der Waals surface area (Å²) in [5, 5.41) is 12.5. The van der Waals surface area contributed by atoms with E-state index in [-0.39, 0.29) is 0 Å². The Hall–Kier alpha value is -8.20. The molecular formula is C61H35NO. The fraction of sp³-hybridized carbons (Fsp3) is 0.0164. The zero-order chi connectivity index (χ0) is 41.0. The van der Waals surface area contributed by atoms with Gasteiger partial charge in [0.05, 0.1) is 16.4 Å². The monoisotopic (exact) mass is 797 g/mol. The van der Waals surface area contributed by atoms with Crippen molar-refractivity contribution >= 4 is 76.1 Å². The lowest BCUT2D eigenvalue weighted by atomic mass is 9.70. The fourth-order valence-electron chi connectivity index (χ4n) is 12.0. The molecule has 0 radical (unpaired) electrons. The van der Waals surface area contributed by atoms with Crippen LogP contribution >= 0.6 is 0 Å². The molecule has 0 saturated heterocycles. The number of furan rings is 1. The maximum Gasteiger partial charge on any atom is 0.135 e.